The van der Waals surface area contributed by atoms with Crippen LogP contribution in [0.25, 0.3) is 11.4 Å². The van der Waals surface area contributed by atoms with E-state index in [-0.39, 0.29) is 5.92 Å². The van der Waals surface area contributed by atoms with Gasteiger partial charge in [-0.05, 0) is 12.8 Å². The van der Waals surface area contributed by atoms with Crippen molar-refractivity contribution in [2.24, 2.45) is 0 Å². The van der Waals surface area contributed by atoms with Gasteiger partial charge in [0.15, 0.2) is 11.6 Å². The van der Waals surface area contributed by atoms with Crippen LogP contribution in [0.5, 0.6) is 0 Å². The number of nitrogens with one attached hydrogen (secondary N) is 1. The summed E-state index contributed by atoms with van der Waals surface area (Å²) >= 11 is 0. The average Bonchev–Trinajstić information content (AvgIpc) is 3.13. The molecule has 3 heterocycles. The molecule has 1 fully saturated rings. The molecule has 3 aromatic rings. The molecule has 7 heteroatoms. The van der Waals surface area contributed by atoms with Crippen LogP contribution in [0.3, 0.4) is 0 Å². The zero-order valence-corrected chi connectivity index (χ0v) is 13.1. The third-order valence-electron chi connectivity index (χ3n) is 4.23. The number of nitrogens with zero attached hydrogens (tertiary/aromatic N) is 5. The maximum absolute atomic E-state index is 13.0. The molecule has 0 saturated carbocycles. The third kappa shape index (κ3) is 2.97. The predicted octanol–water partition coefficient (Wildman–Crippen LogP) is 2.78. The van der Waals surface area contributed by atoms with Gasteiger partial charge >= 0.3 is 0 Å². The molecule has 1 N–H and O–H groups in total. The van der Waals surface area contributed by atoms with Gasteiger partial charge in [-0.2, -0.15) is 5.10 Å². The second-order valence-electron chi connectivity index (χ2n) is 5.90. The lowest BCUT2D eigenvalue weighted by Gasteiger charge is -2.31. The molecule has 1 saturated heterocycles. The first kappa shape index (κ1) is 14.7. The first-order valence-electron chi connectivity index (χ1n) is 8.00. The zero-order valence-electron chi connectivity index (χ0n) is 13.1. The van der Waals surface area contributed by atoms with Crippen molar-refractivity contribution in [3.8, 4) is 11.4 Å². The van der Waals surface area contributed by atoms with Crippen LogP contribution in [0.1, 0.15) is 24.6 Å². The van der Waals surface area contributed by atoms with Crippen molar-refractivity contribution in [1.82, 2.24) is 25.1 Å². The van der Waals surface area contributed by atoms with Crippen LogP contribution in [0.15, 0.2) is 42.7 Å². The number of piperidine rings is 1. The summed E-state index contributed by atoms with van der Waals surface area (Å²) < 4.78 is 13.0. The second kappa shape index (κ2) is 6.35. The van der Waals surface area contributed by atoms with Crippen molar-refractivity contribution in [1.29, 1.82) is 0 Å². The maximum atomic E-state index is 13.0. The van der Waals surface area contributed by atoms with Gasteiger partial charge < -0.3 is 4.90 Å². The number of aromatic amines is 1. The van der Waals surface area contributed by atoms with Gasteiger partial charge in [0.05, 0.1) is 12.4 Å². The Kier molecular flexibility index (Phi) is 3.90. The number of aromatic nitrogens is 5. The lowest BCUT2D eigenvalue weighted by atomic mass is 9.97. The van der Waals surface area contributed by atoms with Crippen LogP contribution in [-0.2, 0) is 0 Å². The molecule has 122 valence electrons. The van der Waals surface area contributed by atoms with Gasteiger partial charge in [-0.25, -0.2) is 19.3 Å². The van der Waals surface area contributed by atoms with Crippen molar-refractivity contribution in [2.45, 2.75) is 18.8 Å². The van der Waals surface area contributed by atoms with E-state index in [0.29, 0.717) is 11.8 Å². The number of halogens is 1. The van der Waals surface area contributed by atoms with Crippen LogP contribution in [0.2, 0.25) is 0 Å². The molecule has 0 amide bonds. The monoisotopic (exact) mass is 324 g/mol. The summed E-state index contributed by atoms with van der Waals surface area (Å²) in [5.74, 6) is 1.96. The molecular formula is C17H17FN6. The minimum atomic E-state index is -0.421. The van der Waals surface area contributed by atoms with E-state index in [9.17, 15) is 4.39 Å². The number of rotatable bonds is 3. The van der Waals surface area contributed by atoms with Gasteiger partial charge in [0.1, 0.15) is 5.82 Å². The zero-order chi connectivity index (χ0) is 16.4. The number of anilines is 1. The highest BCUT2D eigenvalue weighted by atomic mass is 19.1. The van der Waals surface area contributed by atoms with Gasteiger partial charge in [-0.15, -0.1) is 0 Å². The highest BCUT2D eigenvalue weighted by Crippen LogP contribution is 2.27. The molecule has 4 rings (SSSR count). The Morgan fingerprint density at radius 1 is 1.12 bits per heavy atom. The van der Waals surface area contributed by atoms with E-state index in [2.05, 4.69) is 30.0 Å². The Labute approximate surface area is 138 Å². The van der Waals surface area contributed by atoms with Gasteiger partial charge in [-0.1, -0.05) is 30.3 Å². The van der Waals surface area contributed by atoms with Gasteiger partial charge in [0.25, 0.3) is 0 Å². The van der Waals surface area contributed by atoms with Gasteiger partial charge in [0, 0.05) is 24.6 Å². The van der Waals surface area contributed by atoms with E-state index in [0.717, 1.165) is 37.3 Å². The Morgan fingerprint density at radius 2 is 1.92 bits per heavy atom. The first-order valence-corrected chi connectivity index (χ1v) is 8.00. The topological polar surface area (TPSA) is 70.6 Å². The summed E-state index contributed by atoms with van der Waals surface area (Å²) in [6, 6.07) is 9.90. The van der Waals surface area contributed by atoms with Crippen LogP contribution in [0.4, 0.5) is 10.3 Å². The Bertz CT molecular complexity index is 801. The molecule has 0 bridgehead atoms. The highest BCUT2D eigenvalue weighted by molar-refractivity contribution is 5.54. The molecular weight excluding hydrogens is 307 g/mol. The summed E-state index contributed by atoms with van der Waals surface area (Å²) in [7, 11) is 0. The van der Waals surface area contributed by atoms with Crippen molar-refractivity contribution in [2.75, 3.05) is 18.0 Å². The predicted molar refractivity (Wildman–Crippen MR) is 88.0 cm³/mol. The van der Waals surface area contributed by atoms with Crippen LogP contribution < -0.4 is 4.90 Å². The van der Waals surface area contributed by atoms with Crippen LogP contribution >= 0.6 is 0 Å². The first-order chi connectivity index (χ1) is 11.8. The minimum absolute atomic E-state index is 0.234. The average molecular weight is 324 g/mol. The summed E-state index contributed by atoms with van der Waals surface area (Å²) in [6.07, 6.45) is 4.44. The lowest BCUT2D eigenvalue weighted by Crippen LogP contribution is -2.35. The summed E-state index contributed by atoms with van der Waals surface area (Å²) in [5, 5.41) is 7.40. The highest BCUT2D eigenvalue weighted by Gasteiger charge is 2.25. The van der Waals surface area contributed by atoms with Crippen LogP contribution in [0, 0.1) is 5.82 Å². The van der Waals surface area contributed by atoms with Crippen molar-refractivity contribution < 1.29 is 4.39 Å². The molecule has 2 aromatic heterocycles. The van der Waals surface area contributed by atoms with Crippen molar-refractivity contribution in [3.63, 3.8) is 0 Å². The fourth-order valence-electron chi connectivity index (χ4n) is 3.02. The van der Waals surface area contributed by atoms with E-state index >= 15 is 0 Å². The molecule has 1 aliphatic rings. The summed E-state index contributed by atoms with van der Waals surface area (Å²) in [6.45, 7) is 1.61. The smallest absolute Gasteiger partial charge is 0.225 e. The maximum Gasteiger partial charge on any atom is 0.225 e. The van der Waals surface area contributed by atoms with E-state index in [1.165, 1.54) is 12.4 Å². The fourth-order valence-corrected chi connectivity index (χ4v) is 3.02. The number of benzene rings is 1. The van der Waals surface area contributed by atoms with E-state index < -0.39 is 5.82 Å². The summed E-state index contributed by atoms with van der Waals surface area (Å²) in [4.78, 5) is 14.9. The minimum Gasteiger partial charge on any atom is -0.340 e. The Hall–Kier alpha value is -2.83. The van der Waals surface area contributed by atoms with Crippen molar-refractivity contribution in [3.05, 3.63) is 54.4 Å². The molecule has 24 heavy (non-hydrogen) atoms. The molecule has 0 unspecified atom stereocenters. The molecule has 1 atom stereocenters. The molecule has 6 nitrogen and oxygen atoms in total. The normalized spacial score (nSPS) is 17.9. The molecule has 1 aromatic carbocycles. The van der Waals surface area contributed by atoms with E-state index in [1.54, 1.807) is 0 Å². The largest absolute Gasteiger partial charge is 0.340 e. The Morgan fingerprint density at radius 3 is 2.71 bits per heavy atom. The molecule has 0 spiro atoms. The molecule has 0 aliphatic carbocycles. The van der Waals surface area contributed by atoms with Crippen LogP contribution in [-0.4, -0.2) is 38.2 Å². The quantitative estimate of drug-likeness (QED) is 0.802. The standard InChI is InChI=1S/C17H17FN6/c18-14-9-19-17(20-10-14)24-8-4-7-13(11-24)16-21-15(22-23-16)12-5-2-1-3-6-12/h1-3,5-6,9-10,13H,4,7-8,11H2,(H,21,22,23)/t13-/m0/s1. The summed E-state index contributed by atoms with van der Waals surface area (Å²) in [5.41, 5.74) is 0.995. The van der Waals surface area contributed by atoms with E-state index in [1.807, 2.05) is 30.3 Å². The lowest BCUT2D eigenvalue weighted by molar-refractivity contribution is 0.485. The second-order valence-corrected chi connectivity index (χ2v) is 5.90. The van der Waals surface area contributed by atoms with Crippen molar-refractivity contribution >= 4 is 5.95 Å². The number of H-pyrrole nitrogens is 1. The SMILES string of the molecule is Fc1cnc(N2CCC[C@H](c3nc(-c4ccccc4)n[nH]3)C2)nc1. The number of hydrogen-bond donors (Lipinski definition) is 1. The molecule has 1 aliphatic heterocycles. The van der Waals surface area contributed by atoms with E-state index in [4.69, 9.17) is 0 Å². The fraction of sp³-hybridized carbons (Fsp3) is 0.294. The Balaban J connectivity index is 1.52. The van der Waals surface area contributed by atoms with Gasteiger partial charge in [0.2, 0.25) is 5.95 Å². The number of hydrogen-bond acceptors (Lipinski definition) is 5. The molecule has 0 radical (unpaired) electrons. The third-order valence-corrected chi connectivity index (χ3v) is 4.23. The van der Waals surface area contributed by atoms with Gasteiger partial charge in [-0.3, -0.25) is 5.10 Å².